The van der Waals surface area contributed by atoms with Crippen LogP contribution < -0.4 is 10.6 Å². The van der Waals surface area contributed by atoms with Gasteiger partial charge in [0.2, 0.25) is 11.6 Å². The maximum Gasteiger partial charge on any atom is 0.254 e. The van der Waals surface area contributed by atoms with Crippen LogP contribution in [0.3, 0.4) is 0 Å². The van der Waals surface area contributed by atoms with Crippen molar-refractivity contribution in [2.24, 2.45) is 0 Å². The molecule has 4 aromatic heterocycles. The number of benzene rings is 1. The number of amides is 2. The van der Waals surface area contributed by atoms with Crippen molar-refractivity contribution >= 4 is 40.2 Å². The molecule has 1 unspecified atom stereocenters. The Balaban J connectivity index is 1.28. The Morgan fingerprint density at radius 1 is 1.12 bits per heavy atom. The van der Waals surface area contributed by atoms with E-state index in [0.717, 1.165) is 33.6 Å². The Morgan fingerprint density at radius 2 is 2.00 bits per heavy atom. The van der Waals surface area contributed by atoms with Crippen LogP contribution in [0.1, 0.15) is 39.5 Å². The molecule has 11 heteroatoms. The van der Waals surface area contributed by atoms with Gasteiger partial charge in [0.1, 0.15) is 11.3 Å². The topological polar surface area (TPSA) is 121 Å². The maximum atomic E-state index is 13.1. The summed E-state index contributed by atoms with van der Waals surface area (Å²) in [7, 11) is 5.84. The van der Waals surface area contributed by atoms with Crippen LogP contribution in [0, 0.1) is 0 Å². The fraction of sp³-hybridized carbons (Fsp3) is 0.276. The van der Waals surface area contributed by atoms with Gasteiger partial charge in [-0.1, -0.05) is 12.1 Å². The van der Waals surface area contributed by atoms with Crippen molar-refractivity contribution in [3.05, 3.63) is 71.4 Å². The average Bonchev–Trinajstić information content (AvgIpc) is 3.71. The van der Waals surface area contributed by atoms with Crippen LogP contribution in [0.4, 0.5) is 11.5 Å². The van der Waals surface area contributed by atoms with E-state index in [-0.39, 0.29) is 17.7 Å². The van der Waals surface area contributed by atoms with E-state index in [1.165, 1.54) is 0 Å². The lowest BCUT2D eigenvalue weighted by Crippen LogP contribution is -2.19. The van der Waals surface area contributed by atoms with E-state index in [9.17, 15) is 9.59 Å². The number of likely N-dealkylation sites (N-methyl/N-ethyl adjacent to an activating group) is 1. The highest BCUT2D eigenvalue weighted by atomic mass is 16.3. The lowest BCUT2D eigenvalue weighted by Gasteiger charge is -2.19. The van der Waals surface area contributed by atoms with Crippen molar-refractivity contribution in [2.75, 3.05) is 33.0 Å². The number of carbonyl (C=O) groups excluding carboxylic acids is 2. The molecule has 0 saturated carbocycles. The molecule has 1 saturated heterocycles. The molecule has 7 rings (SSSR count). The molecule has 6 heterocycles. The van der Waals surface area contributed by atoms with Gasteiger partial charge < -0.3 is 24.9 Å². The predicted molar refractivity (Wildman–Crippen MR) is 149 cm³/mol. The van der Waals surface area contributed by atoms with Gasteiger partial charge in [-0.3, -0.25) is 14.0 Å². The molecule has 1 aromatic carbocycles. The van der Waals surface area contributed by atoms with Gasteiger partial charge in [0, 0.05) is 50.7 Å². The molecule has 1 atom stereocenters. The fourth-order valence-electron chi connectivity index (χ4n) is 5.86. The molecule has 2 aliphatic heterocycles. The zero-order chi connectivity index (χ0) is 27.5. The summed E-state index contributed by atoms with van der Waals surface area (Å²) in [6.07, 6.45) is 5.57. The van der Waals surface area contributed by atoms with Crippen molar-refractivity contribution in [3.63, 3.8) is 0 Å². The minimum absolute atomic E-state index is 0.116. The van der Waals surface area contributed by atoms with Gasteiger partial charge >= 0.3 is 0 Å². The van der Waals surface area contributed by atoms with Crippen LogP contribution in [0.15, 0.2) is 53.4 Å². The fourth-order valence-corrected chi connectivity index (χ4v) is 5.86. The first-order valence-corrected chi connectivity index (χ1v) is 13.2. The molecular weight excluding hydrogens is 508 g/mol. The molecule has 0 bridgehead atoms. The third kappa shape index (κ3) is 3.89. The highest BCUT2D eigenvalue weighted by Crippen LogP contribution is 2.37. The smallest absolute Gasteiger partial charge is 0.254 e. The van der Waals surface area contributed by atoms with Crippen LogP contribution in [0.25, 0.3) is 28.1 Å². The standard InChI is InChI=1S/C29H28N8O3/c1-35(2)15-21-17(16-10-26(38)36(3)14-16)5-7-24(34-21)33-20-6-4-18(19-11-31-28(39)27(19)20)23-12-30-25-13-32-29-22(37(23)25)8-9-40-29/h4-9,12-13,16H,10-11,14-15H2,1-3H3,(H,31,39)(H,33,34). The number of hydrogen-bond acceptors (Lipinski definition) is 8. The average molecular weight is 537 g/mol. The Morgan fingerprint density at radius 3 is 2.80 bits per heavy atom. The number of anilines is 2. The normalized spacial score (nSPS) is 16.9. The second kappa shape index (κ2) is 9.16. The van der Waals surface area contributed by atoms with Gasteiger partial charge in [0.25, 0.3) is 5.91 Å². The number of rotatable bonds is 6. The van der Waals surface area contributed by atoms with Gasteiger partial charge in [0.15, 0.2) is 5.65 Å². The van der Waals surface area contributed by atoms with E-state index >= 15 is 0 Å². The van der Waals surface area contributed by atoms with Crippen molar-refractivity contribution in [1.29, 1.82) is 0 Å². The number of nitrogens with one attached hydrogen (secondary N) is 2. The summed E-state index contributed by atoms with van der Waals surface area (Å²) in [6, 6.07) is 9.77. The van der Waals surface area contributed by atoms with Gasteiger partial charge in [-0.15, -0.1) is 0 Å². The molecule has 5 aromatic rings. The predicted octanol–water partition coefficient (Wildman–Crippen LogP) is 3.53. The Labute approximate surface area is 229 Å². The lowest BCUT2D eigenvalue weighted by molar-refractivity contribution is -0.126. The first kappa shape index (κ1) is 24.3. The minimum atomic E-state index is -0.138. The number of nitrogens with zero attached hydrogens (tertiary/aromatic N) is 6. The first-order chi connectivity index (χ1) is 19.4. The van der Waals surface area contributed by atoms with Crippen LogP contribution in [0.2, 0.25) is 0 Å². The third-order valence-corrected chi connectivity index (χ3v) is 7.71. The number of aromatic nitrogens is 4. The number of likely N-dealkylation sites (tertiary alicyclic amines) is 1. The molecule has 1 fully saturated rings. The second-order valence-corrected chi connectivity index (χ2v) is 10.7. The van der Waals surface area contributed by atoms with Crippen molar-refractivity contribution < 1.29 is 14.0 Å². The maximum absolute atomic E-state index is 13.1. The molecule has 0 spiro atoms. The van der Waals surface area contributed by atoms with E-state index in [2.05, 4.69) is 31.6 Å². The molecule has 2 N–H and O–H groups in total. The molecule has 0 aliphatic carbocycles. The Hall–Kier alpha value is -4.77. The summed E-state index contributed by atoms with van der Waals surface area (Å²) in [5.41, 5.74) is 7.97. The summed E-state index contributed by atoms with van der Waals surface area (Å²) in [5, 5.41) is 6.39. The number of imidazole rings is 1. The Kier molecular flexibility index (Phi) is 5.56. The van der Waals surface area contributed by atoms with Crippen molar-refractivity contribution in [1.82, 2.24) is 34.5 Å². The quantitative estimate of drug-likeness (QED) is 0.338. The second-order valence-electron chi connectivity index (χ2n) is 10.7. The summed E-state index contributed by atoms with van der Waals surface area (Å²) in [5.74, 6) is 0.779. The summed E-state index contributed by atoms with van der Waals surface area (Å²) in [4.78, 5) is 42.9. The van der Waals surface area contributed by atoms with E-state index in [1.54, 1.807) is 23.6 Å². The number of fused-ring (bicyclic) bond motifs is 4. The summed E-state index contributed by atoms with van der Waals surface area (Å²) >= 11 is 0. The Bertz CT molecular complexity index is 1820. The van der Waals surface area contributed by atoms with Gasteiger partial charge in [-0.05, 0) is 37.4 Å². The molecule has 40 heavy (non-hydrogen) atoms. The van der Waals surface area contributed by atoms with Crippen molar-refractivity contribution in [2.45, 2.75) is 25.4 Å². The monoisotopic (exact) mass is 536 g/mol. The lowest BCUT2D eigenvalue weighted by atomic mass is 9.96. The number of carbonyl (C=O) groups is 2. The minimum Gasteiger partial charge on any atom is -0.445 e. The van der Waals surface area contributed by atoms with Crippen LogP contribution >= 0.6 is 0 Å². The van der Waals surface area contributed by atoms with E-state index in [4.69, 9.17) is 9.40 Å². The van der Waals surface area contributed by atoms with Gasteiger partial charge in [-0.25, -0.2) is 15.0 Å². The molecule has 2 amide bonds. The molecule has 0 radical (unpaired) electrons. The van der Waals surface area contributed by atoms with E-state index in [0.29, 0.717) is 54.5 Å². The number of pyridine rings is 1. The first-order valence-electron chi connectivity index (χ1n) is 13.2. The van der Waals surface area contributed by atoms with Crippen molar-refractivity contribution in [3.8, 4) is 11.3 Å². The highest BCUT2D eigenvalue weighted by Gasteiger charge is 2.31. The van der Waals surface area contributed by atoms with E-state index in [1.807, 2.05) is 49.8 Å². The van der Waals surface area contributed by atoms with Crippen LogP contribution in [-0.4, -0.2) is 68.7 Å². The SMILES string of the molecule is CN(C)Cc1nc(Nc2ccc(-c3cnc4cnc5occc5n34)c3c2C(=O)NC3)ccc1C1CC(=O)N(C)C1. The summed E-state index contributed by atoms with van der Waals surface area (Å²) < 4.78 is 7.50. The van der Waals surface area contributed by atoms with Crippen LogP contribution in [-0.2, 0) is 17.9 Å². The number of hydrogen-bond donors (Lipinski definition) is 2. The number of furan rings is 1. The van der Waals surface area contributed by atoms with Gasteiger partial charge in [-0.2, -0.15) is 0 Å². The highest BCUT2D eigenvalue weighted by molar-refractivity contribution is 6.06. The van der Waals surface area contributed by atoms with Gasteiger partial charge in [0.05, 0.1) is 41.3 Å². The largest absolute Gasteiger partial charge is 0.445 e. The molecule has 2 aliphatic rings. The molecule has 202 valence electrons. The summed E-state index contributed by atoms with van der Waals surface area (Å²) in [6.45, 7) is 1.74. The molecular formula is C29H28N8O3. The third-order valence-electron chi connectivity index (χ3n) is 7.71. The molecule has 11 nitrogen and oxygen atoms in total. The zero-order valence-electron chi connectivity index (χ0n) is 22.4. The zero-order valence-corrected chi connectivity index (χ0v) is 22.4. The van der Waals surface area contributed by atoms with E-state index < -0.39 is 0 Å². The van der Waals surface area contributed by atoms with Crippen LogP contribution in [0.5, 0.6) is 0 Å².